The first-order valence-electron chi connectivity index (χ1n) is 8.43. The van der Waals surface area contributed by atoms with Gasteiger partial charge in [-0.3, -0.25) is 0 Å². The topological polar surface area (TPSA) is 26.5 Å². The van der Waals surface area contributed by atoms with Crippen LogP contribution in [0.4, 0.5) is 0 Å². The minimum absolute atomic E-state index is 0.168. The molecular formula is C21H19ClN2O. The van der Waals surface area contributed by atoms with Crippen LogP contribution in [-0.2, 0) is 17.7 Å². The fourth-order valence-electron chi connectivity index (χ4n) is 3.10. The number of ether oxygens (including phenoxy) is 1. The number of nitrogens with zero attached hydrogens (tertiary/aromatic N) is 2. The first kappa shape index (κ1) is 16.0. The van der Waals surface area contributed by atoms with Crippen molar-refractivity contribution in [3.63, 3.8) is 0 Å². The highest BCUT2D eigenvalue weighted by atomic mass is 35.5. The van der Waals surface area contributed by atoms with E-state index >= 15 is 0 Å². The lowest BCUT2D eigenvalue weighted by molar-refractivity contribution is 0.315. The fraction of sp³-hybridized carbons (Fsp3) is 0.190. The number of rotatable bonds is 5. The van der Waals surface area contributed by atoms with E-state index in [2.05, 4.69) is 28.8 Å². The minimum Gasteiger partial charge on any atom is -0.474 e. The van der Waals surface area contributed by atoms with Crippen LogP contribution in [0, 0.1) is 0 Å². The van der Waals surface area contributed by atoms with E-state index in [4.69, 9.17) is 21.3 Å². The van der Waals surface area contributed by atoms with Crippen LogP contribution in [0.25, 0.3) is 0 Å². The molecule has 0 aliphatic carbocycles. The largest absolute Gasteiger partial charge is 0.474 e. The van der Waals surface area contributed by atoms with Crippen molar-refractivity contribution in [2.45, 2.75) is 19.0 Å². The molecular weight excluding hydrogens is 332 g/mol. The van der Waals surface area contributed by atoms with Crippen molar-refractivity contribution < 1.29 is 4.74 Å². The molecule has 0 unspecified atom stereocenters. The maximum atomic E-state index is 6.29. The number of hydrogen-bond donors (Lipinski definition) is 0. The Balaban J connectivity index is 1.52. The summed E-state index contributed by atoms with van der Waals surface area (Å²) in [4.78, 5) is 4.79. The summed E-state index contributed by atoms with van der Waals surface area (Å²) in [5.41, 5.74) is 3.36. The van der Waals surface area contributed by atoms with Gasteiger partial charge >= 0.3 is 0 Å². The summed E-state index contributed by atoms with van der Waals surface area (Å²) in [7, 11) is 0. The molecule has 0 saturated heterocycles. The highest BCUT2D eigenvalue weighted by Crippen LogP contribution is 2.20. The molecule has 25 heavy (non-hydrogen) atoms. The summed E-state index contributed by atoms with van der Waals surface area (Å²) in [6.07, 6.45) is 2.94. The third-order valence-corrected chi connectivity index (χ3v) is 4.74. The van der Waals surface area contributed by atoms with Gasteiger partial charge in [0.1, 0.15) is 12.3 Å². The number of halogens is 1. The molecule has 2 aromatic carbocycles. The Morgan fingerprint density at radius 2 is 1.80 bits per heavy atom. The molecule has 126 valence electrons. The van der Waals surface area contributed by atoms with Gasteiger partial charge in [0.05, 0.1) is 6.04 Å². The second kappa shape index (κ2) is 7.16. The van der Waals surface area contributed by atoms with Crippen LogP contribution in [0.3, 0.4) is 0 Å². The third kappa shape index (κ3) is 3.62. The minimum atomic E-state index is 0.168. The molecule has 1 aliphatic heterocycles. The molecule has 0 amide bonds. The first-order valence-corrected chi connectivity index (χ1v) is 8.81. The van der Waals surface area contributed by atoms with Gasteiger partial charge in [0.15, 0.2) is 0 Å². The van der Waals surface area contributed by atoms with Gasteiger partial charge < -0.3 is 9.30 Å². The second-order valence-corrected chi connectivity index (χ2v) is 6.61. The summed E-state index contributed by atoms with van der Waals surface area (Å²) < 4.78 is 8.02. The molecule has 3 nitrogen and oxygen atoms in total. The Kier molecular flexibility index (Phi) is 4.57. The molecule has 0 spiro atoms. The van der Waals surface area contributed by atoms with Crippen molar-refractivity contribution in [3.8, 4) is 0 Å². The van der Waals surface area contributed by atoms with Crippen LogP contribution in [0.15, 0.2) is 77.9 Å². The van der Waals surface area contributed by atoms with E-state index < -0.39 is 0 Å². The number of hydrogen-bond acceptors (Lipinski definition) is 2. The van der Waals surface area contributed by atoms with E-state index in [0.29, 0.717) is 13.2 Å². The van der Waals surface area contributed by atoms with Gasteiger partial charge in [-0.1, -0.05) is 60.1 Å². The molecule has 0 radical (unpaired) electrons. The molecule has 0 bridgehead atoms. The lowest BCUT2D eigenvalue weighted by Crippen LogP contribution is -2.11. The standard InChI is InChI=1S/C21H19ClN2O/c22-19-10-5-4-9-17(19)14-24-12-6-11-20(24)21-23-18(15-25-21)13-16-7-2-1-3-8-16/h1-12,18H,13-15H2/t18-/m0/s1. The fourth-order valence-corrected chi connectivity index (χ4v) is 3.30. The van der Waals surface area contributed by atoms with Crippen molar-refractivity contribution in [3.05, 3.63) is 94.8 Å². The van der Waals surface area contributed by atoms with E-state index in [9.17, 15) is 0 Å². The first-order chi connectivity index (χ1) is 12.3. The van der Waals surface area contributed by atoms with E-state index in [1.807, 2.05) is 48.7 Å². The van der Waals surface area contributed by atoms with Crippen LogP contribution in [-0.4, -0.2) is 23.1 Å². The van der Waals surface area contributed by atoms with E-state index in [-0.39, 0.29) is 6.04 Å². The molecule has 0 N–H and O–H groups in total. The van der Waals surface area contributed by atoms with E-state index in [1.54, 1.807) is 0 Å². The second-order valence-electron chi connectivity index (χ2n) is 6.20. The quantitative estimate of drug-likeness (QED) is 0.661. The van der Waals surface area contributed by atoms with Gasteiger partial charge in [-0.2, -0.15) is 0 Å². The summed E-state index contributed by atoms with van der Waals surface area (Å²) in [6.45, 7) is 1.33. The van der Waals surface area contributed by atoms with E-state index in [0.717, 1.165) is 28.6 Å². The zero-order chi connectivity index (χ0) is 17.1. The predicted molar refractivity (Wildman–Crippen MR) is 101 cm³/mol. The Bertz CT molecular complexity index is 886. The normalized spacial score (nSPS) is 16.5. The van der Waals surface area contributed by atoms with Crippen LogP contribution in [0.2, 0.25) is 5.02 Å². The van der Waals surface area contributed by atoms with Gasteiger partial charge in [-0.15, -0.1) is 0 Å². The van der Waals surface area contributed by atoms with Gasteiger partial charge in [-0.25, -0.2) is 4.99 Å². The Hall–Kier alpha value is -2.52. The summed E-state index contributed by atoms with van der Waals surface area (Å²) >= 11 is 6.29. The van der Waals surface area contributed by atoms with Gasteiger partial charge in [0.25, 0.3) is 0 Å². The molecule has 2 heterocycles. The monoisotopic (exact) mass is 350 g/mol. The van der Waals surface area contributed by atoms with Gasteiger partial charge in [0.2, 0.25) is 5.90 Å². The predicted octanol–water partition coefficient (Wildman–Crippen LogP) is 4.58. The zero-order valence-electron chi connectivity index (χ0n) is 13.8. The molecule has 0 saturated carbocycles. The van der Waals surface area contributed by atoms with Gasteiger partial charge in [-0.05, 0) is 35.7 Å². The Labute approximate surface area is 152 Å². The third-order valence-electron chi connectivity index (χ3n) is 4.37. The summed E-state index contributed by atoms with van der Waals surface area (Å²) in [5, 5.41) is 0.776. The van der Waals surface area contributed by atoms with Crippen molar-refractivity contribution in [1.29, 1.82) is 0 Å². The molecule has 1 aromatic heterocycles. The Morgan fingerprint density at radius 1 is 1.00 bits per heavy atom. The van der Waals surface area contributed by atoms with Crippen molar-refractivity contribution >= 4 is 17.5 Å². The zero-order valence-corrected chi connectivity index (χ0v) is 14.6. The Morgan fingerprint density at radius 3 is 2.64 bits per heavy atom. The number of aliphatic imine (C=N–C) groups is 1. The SMILES string of the molecule is Clc1ccccc1Cn1cccc1C1=N[C@@H](Cc2ccccc2)CO1. The summed E-state index contributed by atoms with van der Waals surface area (Å²) in [5.74, 6) is 0.720. The molecule has 3 aromatic rings. The molecule has 0 fully saturated rings. The van der Waals surface area contributed by atoms with Gasteiger partial charge in [0, 0.05) is 17.8 Å². The van der Waals surface area contributed by atoms with E-state index in [1.165, 1.54) is 5.56 Å². The summed E-state index contributed by atoms with van der Waals surface area (Å²) in [6, 6.07) is 22.6. The maximum absolute atomic E-state index is 6.29. The molecule has 1 atom stereocenters. The van der Waals surface area contributed by atoms with Crippen molar-refractivity contribution in [2.24, 2.45) is 4.99 Å². The average molecular weight is 351 g/mol. The van der Waals surface area contributed by atoms with Crippen LogP contribution >= 0.6 is 11.6 Å². The lowest BCUT2D eigenvalue weighted by Gasteiger charge is -2.10. The number of benzene rings is 2. The smallest absolute Gasteiger partial charge is 0.233 e. The van der Waals surface area contributed by atoms with Crippen LogP contribution in [0.5, 0.6) is 0 Å². The molecule has 4 rings (SSSR count). The number of aromatic nitrogens is 1. The highest BCUT2D eigenvalue weighted by Gasteiger charge is 2.22. The van der Waals surface area contributed by atoms with Crippen LogP contribution < -0.4 is 0 Å². The van der Waals surface area contributed by atoms with Crippen molar-refractivity contribution in [1.82, 2.24) is 4.57 Å². The van der Waals surface area contributed by atoms with Crippen LogP contribution in [0.1, 0.15) is 16.8 Å². The molecule has 1 aliphatic rings. The maximum Gasteiger partial charge on any atom is 0.233 e. The average Bonchev–Trinajstić information content (AvgIpc) is 3.27. The van der Waals surface area contributed by atoms with Crippen molar-refractivity contribution in [2.75, 3.05) is 6.61 Å². The molecule has 4 heteroatoms. The highest BCUT2D eigenvalue weighted by molar-refractivity contribution is 6.31. The lowest BCUT2D eigenvalue weighted by atomic mass is 10.1.